The Morgan fingerprint density at radius 2 is 2.20 bits per heavy atom. The molecule has 0 unspecified atom stereocenters. The van der Waals surface area contributed by atoms with Gasteiger partial charge in [-0.1, -0.05) is 6.07 Å². The van der Waals surface area contributed by atoms with Crippen LogP contribution < -0.4 is 0 Å². The Bertz CT molecular complexity index is 610. The lowest BCUT2D eigenvalue weighted by Crippen LogP contribution is -2.36. The maximum absolute atomic E-state index is 13.7. The van der Waals surface area contributed by atoms with Crippen molar-refractivity contribution in [3.05, 3.63) is 41.8 Å². The lowest BCUT2D eigenvalue weighted by molar-refractivity contribution is 0.0274. The highest BCUT2D eigenvalue weighted by Crippen LogP contribution is 2.28. The van der Waals surface area contributed by atoms with Gasteiger partial charge >= 0.3 is 0 Å². The highest BCUT2D eigenvalue weighted by Gasteiger charge is 2.27. The van der Waals surface area contributed by atoms with Gasteiger partial charge in [0.05, 0.1) is 11.6 Å². The molecule has 2 aromatic rings. The summed E-state index contributed by atoms with van der Waals surface area (Å²) >= 11 is 0. The number of halogens is 1. The van der Waals surface area contributed by atoms with E-state index in [0.717, 1.165) is 35.9 Å². The maximum atomic E-state index is 13.7. The topological polar surface area (TPSA) is 36.4 Å². The molecule has 20 heavy (non-hydrogen) atoms. The highest BCUT2D eigenvalue weighted by atomic mass is 19.1. The molecular formula is C16H19FN2O. The molecular weight excluding hydrogens is 255 g/mol. The third-order valence-electron chi connectivity index (χ3n) is 3.97. The Morgan fingerprint density at radius 3 is 2.95 bits per heavy atom. The minimum atomic E-state index is -0.215. The van der Waals surface area contributed by atoms with E-state index in [9.17, 15) is 9.50 Å². The van der Waals surface area contributed by atoms with E-state index in [1.54, 1.807) is 12.3 Å². The average molecular weight is 274 g/mol. The number of aliphatic hydroxyl groups excluding tert-OH is 1. The molecule has 1 aromatic carbocycles. The number of aromatic nitrogens is 1. The number of pyridine rings is 1. The summed E-state index contributed by atoms with van der Waals surface area (Å²) in [6, 6.07) is 6.80. The van der Waals surface area contributed by atoms with Gasteiger partial charge < -0.3 is 10.0 Å². The lowest BCUT2D eigenvalue weighted by atomic mass is 9.82. The molecule has 0 radical (unpaired) electrons. The number of nitrogens with zero attached hydrogens (tertiary/aromatic N) is 2. The Morgan fingerprint density at radius 1 is 1.40 bits per heavy atom. The van der Waals surface area contributed by atoms with E-state index >= 15 is 0 Å². The molecule has 1 heterocycles. The molecule has 1 fully saturated rings. The second-order valence-electron chi connectivity index (χ2n) is 5.83. The molecule has 0 bridgehead atoms. The molecule has 1 saturated carbocycles. The first-order valence-corrected chi connectivity index (χ1v) is 7.01. The van der Waals surface area contributed by atoms with Crippen molar-refractivity contribution in [1.29, 1.82) is 0 Å². The first-order chi connectivity index (χ1) is 9.61. The van der Waals surface area contributed by atoms with Gasteiger partial charge in [0.2, 0.25) is 0 Å². The van der Waals surface area contributed by atoms with Crippen LogP contribution in [0, 0.1) is 11.7 Å². The second kappa shape index (κ2) is 5.46. The number of benzene rings is 1. The smallest absolute Gasteiger partial charge is 0.124 e. The van der Waals surface area contributed by atoms with Gasteiger partial charge in [0.15, 0.2) is 0 Å². The van der Waals surface area contributed by atoms with E-state index in [1.165, 1.54) is 6.07 Å². The number of aliphatic hydroxyl groups is 1. The number of rotatable bonds is 4. The molecule has 0 spiro atoms. The van der Waals surface area contributed by atoms with Crippen molar-refractivity contribution in [2.45, 2.75) is 25.5 Å². The van der Waals surface area contributed by atoms with Crippen LogP contribution in [0.2, 0.25) is 0 Å². The normalized spacial score (nSPS) is 22.2. The van der Waals surface area contributed by atoms with Crippen LogP contribution in [0.3, 0.4) is 0 Å². The monoisotopic (exact) mass is 274 g/mol. The van der Waals surface area contributed by atoms with Crippen molar-refractivity contribution in [3.8, 4) is 0 Å². The van der Waals surface area contributed by atoms with Crippen LogP contribution in [0.25, 0.3) is 10.9 Å². The third-order valence-corrected chi connectivity index (χ3v) is 3.97. The quantitative estimate of drug-likeness (QED) is 0.931. The SMILES string of the molecule is CN(Cc1cc(F)cc2cccnc12)CC1CC(O)C1. The molecule has 1 aliphatic carbocycles. The van der Waals surface area contributed by atoms with E-state index in [2.05, 4.69) is 9.88 Å². The van der Waals surface area contributed by atoms with Gasteiger partial charge in [-0.3, -0.25) is 4.98 Å². The molecule has 1 aliphatic rings. The van der Waals surface area contributed by atoms with Crippen LogP contribution in [0.1, 0.15) is 18.4 Å². The summed E-state index contributed by atoms with van der Waals surface area (Å²) in [5.74, 6) is 0.343. The Kier molecular flexibility index (Phi) is 3.68. The Balaban J connectivity index is 1.76. The molecule has 3 rings (SSSR count). The van der Waals surface area contributed by atoms with E-state index in [0.29, 0.717) is 12.5 Å². The van der Waals surface area contributed by atoms with Crippen LogP contribution in [-0.2, 0) is 6.54 Å². The van der Waals surface area contributed by atoms with Gasteiger partial charge in [-0.25, -0.2) is 4.39 Å². The molecule has 1 N–H and O–H groups in total. The second-order valence-corrected chi connectivity index (χ2v) is 5.83. The zero-order chi connectivity index (χ0) is 14.1. The standard InChI is InChI=1S/C16H19FN2O/c1-19(9-11-5-15(20)6-11)10-13-8-14(17)7-12-3-2-4-18-16(12)13/h2-4,7-8,11,15,20H,5-6,9-10H2,1H3. The number of fused-ring (bicyclic) bond motifs is 1. The van der Waals surface area contributed by atoms with Crippen molar-refractivity contribution in [2.24, 2.45) is 5.92 Å². The maximum Gasteiger partial charge on any atom is 0.124 e. The first kappa shape index (κ1) is 13.5. The van der Waals surface area contributed by atoms with Crippen molar-refractivity contribution in [3.63, 3.8) is 0 Å². The highest BCUT2D eigenvalue weighted by molar-refractivity contribution is 5.81. The molecule has 106 valence electrons. The Labute approximate surface area is 118 Å². The summed E-state index contributed by atoms with van der Waals surface area (Å²) in [5.41, 5.74) is 1.79. The zero-order valence-electron chi connectivity index (χ0n) is 11.6. The summed E-state index contributed by atoms with van der Waals surface area (Å²) in [7, 11) is 2.03. The van der Waals surface area contributed by atoms with Crippen LogP contribution >= 0.6 is 0 Å². The van der Waals surface area contributed by atoms with Crippen LogP contribution in [-0.4, -0.2) is 34.7 Å². The molecule has 0 aliphatic heterocycles. The summed E-state index contributed by atoms with van der Waals surface area (Å²) in [4.78, 5) is 6.55. The third kappa shape index (κ3) is 2.81. The largest absolute Gasteiger partial charge is 0.393 e. The fourth-order valence-corrected chi connectivity index (χ4v) is 2.99. The van der Waals surface area contributed by atoms with Gasteiger partial charge in [-0.2, -0.15) is 0 Å². The summed E-state index contributed by atoms with van der Waals surface area (Å²) in [6.45, 7) is 1.61. The van der Waals surface area contributed by atoms with E-state index in [4.69, 9.17) is 0 Å². The lowest BCUT2D eigenvalue weighted by Gasteiger charge is -2.34. The average Bonchev–Trinajstić information content (AvgIpc) is 2.36. The van der Waals surface area contributed by atoms with Gasteiger partial charge in [0, 0.05) is 24.7 Å². The van der Waals surface area contributed by atoms with Gasteiger partial charge in [-0.15, -0.1) is 0 Å². The fraction of sp³-hybridized carbons (Fsp3) is 0.438. The Hall–Kier alpha value is -1.52. The minimum absolute atomic E-state index is 0.120. The van der Waals surface area contributed by atoms with E-state index < -0.39 is 0 Å². The predicted octanol–water partition coefficient (Wildman–Crippen LogP) is 2.58. The van der Waals surface area contributed by atoms with Crippen molar-refractivity contribution < 1.29 is 9.50 Å². The van der Waals surface area contributed by atoms with Crippen molar-refractivity contribution in [2.75, 3.05) is 13.6 Å². The fourth-order valence-electron chi connectivity index (χ4n) is 2.99. The van der Waals surface area contributed by atoms with Crippen LogP contribution in [0.5, 0.6) is 0 Å². The molecule has 0 amide bonds. The summed E-state index contributed by atoms with van der Waals surface area (Å²) in [6.07, 6.45) is 3.38. The minimum Gasteiger partial charge on any atom is -0.393 e. The van der Waals surface area contributed by atoms with Gasteiger partial charge in [-0.05, 0) is 49.6 Å². The number of hydrogen-bond donors (Lipinski definition) is 1. The first-order valence-electron chi connectivity index (χ1n) is 7.01. The predicted molar refractivity (Wildman–Crippen MR) is 76.8 cm³/mol. The van der Waals surface area contributed by atoms with E-state index in [1.807, 2.05) is 19.2 Å². The molecule has 4 heteroatoms. The van der Waals surface area contributed by atoms with Crippen molar-refractivity contribution >= 4 is 10.9 Å². The van der Waals surface area contributed by atoms with Crippen LogP contribution in [0.15, 0.2) is 30.5 Å². The molecule has 0 saturated heterocycles. The molecule has 1 aromatic heterocycles. The molecule has 0 atom stereocenters. The molecule has 3 nitrogen and oxygen atoms in total. The zero-order valence-corrected chi connectivity index (χ0v) is 11.6. The summed E-state index contributed by atoms with van der Waals surface area (Å²) in [5, 5.41) is 10.2. The van der Waals surface area contributed by atoms with Crippen LogP contribution in [0.4, 0.5) is 4.39 Å². The van der Waals surface area contributed by atoms with E-state index in [-0.39, 0.29) is 11.9 Å². The van der Waals surface area contributed by atoms with Gasteiger partial charge in [0.25, 0.3) is 0 Å². The van der Waals surface area contributed by atoms with Crippen molar-refractivity contribution in [1.82, 2.24) is 9.88 Å². The number of hydrogen-bond acceptors (Lipinski definition) is 3. The summed E-state index contributed by atoms with van der Waals surface area (Å²) < 4.78 is 13.7. The van der Waals surface area contributed by atoms with Gasteiger partial charge in [0.1, 0.15) is 5.82 Å².